The van der Waals surface area contributed by atoms with Gasteiger partial charge in [0.25, 0.3) is 11.8 Å². The number of rotatable bonds is 7. The lowest BCUT2D eigenvalue weighted by atomic mass is 10.0. The van der Waals surface area contributed by atoms with Gasteiger partial charge in [0, 0.05) is 50.2 Å². The van der Waals surface area contributed by atoms with E-state index >= 15 is 0 Å². The van der Waals surface area contributed by atoms with Gasteiger partial charge < -0.3 is 19.4 Å². The molecule has 2 aliphatic rings. The number of aryl methyl sites for hydroxylation is 1. The number of anilines is 1. The number of ether oxygens (including phenoxy) is 1. The van der Waals surface area contributed by atoms with Gasteiger partial charge in [-0.1, -0.05) is 30.3 Å². The maximum Gasteiger partial charge on any atom is 0.272 e. The van der Waals surface area contributed by atoms with E-state index < -0.39 is 6.10 Å². The summed E-state index contributed by atoms with van der Waals surface area (Å²) in [6.45, 7) is 2.93. The molecule has 1 N–H and O–H groups in total. The molecule has 44 heavy (non-hydrogen) atoms. The number of fused-ring (bicyclic) bond motifs is 1. The molecule has 3 aromatic heterocycles. The SMILES string of the molecule is Cn1nnc(C(c2ccccc2)N2CCN(C(=O)c3cc(-c4nc5cc(NC(=O)C6CCCO6)ccc5o4)ccn3)CC2)n1. The van der Waals surface area contributed by atoms with Crippen molar-refractivity contribution in [1.82, 2.24) is 40.0 Å². The van der Waals surface area contributed by atoms with Gasteiger partial charge in [-0.15, -0.1) is 10.2 Å². The summed E-state index contributed by atoms with van der Waals surface area (Å²) in [4.78, 5) is 40.5. The van der Waals surface area contributed by atoms with Crippen LogP contribution in [0.5, 0.6) is 0 Å². The molecule has 5 heterocycles. The van der Waals surface area contributed by atoms with Crippen LogP contribution in [0.4, 0.5) is 5.69 Å². The van der Waals surface area contributed by atoms with E-state index in [4.69, 9.17) is 9.15 Å². The van der Waals surface area contributed by atoms with Crippen LogP contribution in [0.25, 0.3) is 22.6 Å². The van der Waals surface area contributed by atoms with Gasteiger partial charge in [0.15, 0.2) is 11.4 Å². The molecule has 2 atom stereocenters. The van der Waals surface area contributed by atoms with E-state index in [1.54, 1.807) is 43.6 Å². The van der Waals surface area contributed by atoms with Crippen molar-refractivity contribution in [1.29, 1.82) is 0 Å². The average molecular weight is 594 g/mol. The molecule has 2 amide bonds. The van der Waals surface area contributed by atoms with Crippen LogP contribution in [0.15, 0.2) is 71.3 Å². The second-order valence-corrected chi connectivity index (χ2v) is 10.9. The Morgan fingerprint density at radius 1 is 1.02 bits per heavy atom. The summed E-state index contributed by atoms with van der Waals surface area (Å²) in [6, 6.07) is 18.7. The quantitative estimate of drug-likeness (QED) is 0.299. The lowest BCUT2D eigenvalue weighted by Gasteiger charge is -2.38. The topological polar surface area (TPSA) is 144 Å². The maximum atomic E-state index is 13.5. The van der Waals surface area contributed by atoms with E-state index in [9.17, 15) is 9.59 Å². The van der Waals surface area contributed by atoms with Gasteiger partial charge in [0.2, 0.25) is 5.89 Å². The minimum Gasteiger partial charge on any atom is -0.436 e. The predicted molar refractivity (Wildman–Crippen MR) is 159 cm³/mol. The molecule has 0 radical (unpaired) electrons. The number of amides is 2. The molecular weight excluding hydrogens is 562 g/mol. The molecule has 5 aromatic rings. The van der Waals surface area contributed by atoms with E-state index in [0.29, 0.717) is 72.5 Å². The number of hydrogen-bond acceptors (Lipinski definition) is 10. The molecule has 0 bridgehead atoms. The highest BCUT2D eigenvalue weighted by Crippen LogP contribution is 2.29. The van der Waals surface area contributed by atoms with Gasteiger partial charge in [-0.3, -0.25) is 19.5 Å². The first-order valence-corrected chi connectivity index (χ1v) is 14.6. The normalized spacial score (nSPS) is 18.0. The molecule has 2 fully saturated rings. The molecule has 7 rings (SSSR count). The molecule has 0 saturated carbocycles. The summed E-state index contributed by atoms with van der Waals surface area (Å²) in [7, 11) is 1.75. The molecule has 2 aromatic carbocycles. The van der Waals surface area contributed by atoms with Crippen molar-refractivity contribution in [3.8, 4) is 11.5 Å². The first-order chi connectivity index (χ1) is 21.5. The molecule has 2 saturated heterocycles. The summed E-state index contributed by atoms with van der Waals surface area (Å²) < 4.78 is 11.5. The number of hydrogen-bond donors (Lipinski definition) is 1. The van der Waals surface area contributed by atoms with Crippen LogP contribution >= 0.6 is 0 Å². The third-order valence-corrected chi connectivity index (χ3v) is 7.95. The highest BCUT2D eigenvalue weighted by atomic mass is 16.5. The number of benzene rings is 2. The Hall–Kier alpha value is -5.01. The second kappa shape index (κ2) is 11.9. The summed E-state index contributed by atoms with van der Waals surface area (Å²) in [5, 5.41) is 15.7. The Labute approximate surface area is 252 Å². The Morgan fingerprint density at radius 2 is 1.86 bits per heavy atom. The van der Waals surface area contributed by atoms with E-state index in [2.05, 4.69) is 47.7 Å². The van der Waals surface area contributed by atoms with Crippen molar-refractivity contribution in [3.05, 3.63) is 83.9 Å². The molecular formula is C31H31N9O4. The minimum atomic E-state index is -0.421. The zero-order valence-electron chi connectivity index (χ0n) is 24.2. The van der Waals surface area contributed by atoms with Gasteiger partial charge in [-0.2, -0.15) is 4.80 Å². The smallest absolute Gasteiger partial charge is 0.272 e. The van der Waals surface area contributed by atoms with Crippen LogP contribution in [-0.4, -0.2) is 90.7 Å². The van der Waals surface area contributed by atoms with Crippen molar-refractivity contribution >= 4 is 28.6 Å². The summed E-state index contributed by atoms with van der Waals surface area (Å²) in [6.07, 6.45) is 2.77. The van der Waals surface area contributed by atoms with Gasteiger partial charge in [-0.25, -0.2) is 4.98 Å². The van der Waals surface area contributed by atoms with Crippen LogP contribution in [0.3, 0.4) is 0 Å². The summed E-state index contributed by atoms with van der Waals surface area (Å²) in [5.74, 6) is 0.676. The number of tetrazole rings is 1. The van der Waals surface area contributed by atoms with Crippen molar-refractivity contribution in [3.63, 3.8) is 0 Å². The third kappa shape index (κ3) is 5.66. The first-order valence-electron chi connectivity index (χ1n) is 14.6. The van der Waals surface area contributed by atoms with Gasteiger partial charge in [0.1, 0.15) is 17.3 Å². The zero-order valence-corrected chi connectivity index (χ0v) is 24.2. The largest absolute Gasteiger partial charge is 0.436 e. The Kier molecular flexibility index (Phi) is 7.54. The molecule has 2 aliphatic heterocycles. The molecule has 2 unspecified atom stereocenters. The average Bonchev–Trinajstić information content (AvgIpc) is 3.84. The monoisotopic (exact) mass is 593 g/mol. The zero-order chi connectivity index (χ0) is 30.0. The van der Waals surface area contributed by atoms with Crippen molar-refractivity contribution in [2.45, 2.75) is 25.0 Å². The van der Waals surface area contributed by atoms with Crippen LogP contribution < -0.4 is 5.32 Å². The van der Waals surface area contributed by atoms with Crippen LogP contribution in [0.2, 0.25) is 0 Å². The minimum absolute atomic E-state index is 0.157. The van der Waals surface area contributed by atoms with E-state index in [0.717, 1.165) is 18.4 Å². The first kappa shape index (κ1) is 27.8. The lowest BCUT2D eigenvalue weighted by Crippen LogP contribution is -2.50. The number of pyridine rings is 1. The van der Waals surface area contributed by atoms with E-state index in [1.807, 2.05) is 23.1 Å². The van der Waals surface area contributed by atoms with Crippen molar-refractivity contribution in [2.24, 2.45) is 7.05 Å². The van der Waals surface area contributed by atoms with Crippen molar-refractivity contribution in [2.75, 3.05) is 38.1 Å². The molecule has 224 valence electrons. The number of oxazole rings is 1. The highest BCUT2D eigenvalue weighted by molar-refractivity contribution is 5.96. The van der Waals surface area contributed by atoms with Crippen LogP contribution in [0, 0.1) is 0 Å². The lowest BCUT2D eigenvalue weighted by molar-refractivity contribution is -0.124. The fourth-order valence-corrected chi connectivity index (χ4v) is 5.73. The molecule has 0 spiro atoms. The Bertz CT molecular complexity index is 1790. The number of piperazine rings is 1. The van der Waals surface area contributed by atoms with E-state index in [1.165, 1.54) is 4.80 Å². The number of nitrogens with one attached hydrogen (secondary N) is 1. The summed E-state index contributed by atoms with van der Waals surface area (Å²) in [5.41, 5.74) is 3.81. The Balaban J connectivity index is 1.04. The third-order valence-electron chi connectivity index (χ3n) is 7.95. The number of aromatic nitrogens is 6. The van der Waals surface area contributed by atoms with Gasteiger partial charge in [0.05, 0.1) is 13.1 Å². The summed E-state index contributed by atoms with van der Waals surface area (Å²) >= 11 is 0. The molecule has 13 heteroatoms. The standard InChI is InChI=1S/C31H31N9O4/c1-38-36-28(35-37-38)27(20-6-3-2-4-7-20)39-13-15-40(16-14-39)31(42)24-18-21(11-12-32-24)30-34-23-19-22(9-10-25(23)44-30)33-29(41)26-8-5-17-43-26/h2-4,6-7,9-12,18-19,26-27H,5,8,13-17H2,1H3,(H,33,41). The fraction of sp³-hybridized carbons (Fsp3) is 0.323. The molecule has 0 aliphatic carbocycles. The van der Waals surface area contributed by atoms with Gasteiger partial charge >= 0.3 is 0 Å². The Morgan fingerprint density at radius 3 is 2.61 bits per heavy atom. The van der Waals surface area contributed by atoms with Crippen molar-refractivity contribution < 1.29 is 18.7 Å². The van der Waals surface area contributed by atoms with E-state index in [-0.39, 0.29) is 17.9 Å². The van der Waals surface area contributed by atoms with Crippen LogP contribution in [0.1, 0.15) is 40.8 Å². The number of carbonyl (C=O) groups excluding carboxylic acids is 2. The maximum absolute atomic E-state index is 13.5. The highest BCUT2D eigenvalue weighted by Gasteiger charge is 2.31. The number of carbonyl (C=O) groups is 2. The second-order valence-electron chi connectivity index (χ2n) is 10.9. The van der Waals surface area contributed by atoms with Crippen LogP contribution in [-0.2, 0) is 16.6 Å². The number of nitrogens with zero attached hydrogens (tertiary/aromatic N) is 8. The van der Waals surface area contributed by atoms with Gasteiger partial charge in [-0.05, 0) is 54.0 Å². The fourth-order valence-electron chi connectivity index (χ4n) is 5.73. The predicted octanol–water partition coefficient (Wildman–Crippen LogP) is 3.08. The molecule has 13 nitrogen and oxygen atoms in total.